The molecule has 4 rings (SSSR count). The number of nitrogens with zero attached hydrogens (tertiary/aromatic N) is 3. The van der Waals surface area contributed by atoms with Gasteiger partial charge >= 0.3 is 0 Å². The monoisotopic (exact) mass is 621 g/mol. The van der Waals surface area contributed by atoms with Gasteiger partial charge in [-0.25, -0.2) is 0 Å². The number of carbonyl (C=O) groups is 1. The first-order valence-corrected chi connectivity index (χ1v) is 15.7. The van der Waals surface area contributed by atoms with Crippen LogP contribution < -0.4 is 19.1 Å². The van der Waals surface area contributed by atoms with Crippen molar-refractivity contribution >= 4 is 35.0 Å². The van der Waals surface area contributed by atoms with Crippen LogP contribution in [0.15, 0.2) is 59.5 Å². The van der Waals surface area contributed by atoms with Crippen LogP contribution in [-0.4, -0.2) is 58.8 Å². The third-order valence-corrected chi connectivity index (χ3v) is 9.63. The second-order valence-corrected chi connectivity index (χ2v) is 12.6. The Morgan fingerprint density at radius 1 is 1.02 bits per heavy atom. The first kappa shape index (κ1) is 32.5. The van der Waals surface area contributed by atoms with E-state index in [1.165, 1.54) is 22.9 Å². The van der Waals surface area contributed by atoms with Crippen molar-refractivity contribution in [1.82, 2.24) is 4.90 Å². The van der Waals surface area contributed by atoms with Crippen LogP contribution in [0.5, 0.6) is 17.2 Å². The van der Waals surface area contributed by atoms with E-state index in [4.69, 9.17) is 25.8 Å². The second-order valence-electron chi connectivity index (χ2n) is 10.7. The molecule has 43 heavy (non-hydrogen) atoms. The molecular formula is C34H40ClN3O4S. The maximum absolute atomic E-state index is 12.4. The number of hydrogen-bond donors (Lipinski definition) is 0. The van der Waals surface area contributed by atoms with Gasteiger partial charge < -0.3 is 24.0 Å². The maximum Gasteiger partial charge on any atom is 0.223 e. The van der Waals surface area contributed by atoms with Crippen molar-refractivity contribution in [3.63, 3.8) is 0 Å². The Labute approximate surface area is 264 Å². The van der Waals surface area contributed by atoms with Gasteiger partial charge in [0.2, 0.25) is 5.91 Å². The van der Waals surface area contributed by atoms with Crippen molar-refractivity contribution in [1.29, 1.82) is 5.26 Å². The Bertz CT molecular complexity index is 1460. The van der Waals surface area contributed by atoms with Crippen molar-refractivity contribution in [2.45, 2.75) is 48.7 Å². The Hall–Kier alpha value is -3.38. The third-order valence-electron chi connectivity index (χ3n) is 7.99. The zero-order valence-electron chi connectivity index (χ0n) is 25.6. The lowest BCUT2D eigenvalue weighted by Crippen LogP contribution is -2.34. The van der Waals surface area contributed by atoms with Gasteiger partial charge in [-0.15, -0.1) is 0 Å². The fourth-order valence-corrected chi connectivity index (χ4v) is 7.02. The van der Waals surface area contributed by atoms with Crippen LogP contribution in [0, 0.1) is 11.3 Å². The van der Waals surface area contributed by atoms with Crippen LogP contribution in [0.4, 0.5) is 5.69 Å². The summed E-state index contributed by atoms with van der Waals surface area (Å²) in [6.45, 7) is 4.02. The molecule has 0 bridgehead atoms. The van der Waals surface area contributed by atoms with Gasteiger partial charge in [-0.3, -0.25) is 4.79 Å². The molecule has 0 saturated heterocycles. The highest BCUT2D eigenvalue weighted by Gasteiger charge is 2.35. The molecule has 0 N–H and O–H groups in total. The highest BCUT2D eigenvalue weighted by molar-refractivity contribution is 8.00. The van der Waals surface area contributed by atoms with Crippen molar-refractivity contribution in [3.05, 3.63) is 76.3 Å². The molecule has 0 radical (unpaired) electrons. The Balaban J connectivity index is 1.49. The highest BCUT2D eigenvalue weighted by Crippen LogP contribution is 2.47. The lowest BCUT2D eigenvalue weighted by molar-refractivity contribution is -0.116. The van der Waals surface area contributed by atoms with E-state index in [-0.39, 0.29) is 5.91 Å². The van der Waals surface area contributed by atoms with Crippen molar-refractivity contribution in [3.8, 4) is 23.3 Å². The van der Waals surface area contributed by atoms with Crippen LogP contribution in [0.3, 0.4) is 0 Å². The zero-order chi connectivity index (χ0) is 31.0. The number of likely N-dealkylation sites (N-methyl/N-ethyl adjacent to an activating group) is 1. The number of carbonyl (C=O) groups excluding carboxylic acids is 1. The summed E-state index contributed by atoms with van der Waals surface area (Å²) in [5.41, 5.74) is 4.26. The molecule has 0 spiro atoms. The number of nitriles is 1. The van der Waals surface area contributed by atoms with Crippen LogP contribution in [0.25, 0.3) is 0 Å². The number of thioether (sulfide) groups is 1. The van der Waals surface area contributed by atoms with E-state index >= 15 is 0 Å². The Morgan fingerprint density at radius 2 is 1.72 bits per heavy atom. The predicted molar refractivity (Wildman–Crippen MR) is 174 cm³/mol. The maximum atomic E-state index is 12.4. The number of halogens is 1. The number of benzene rings is 3. The molecule has 1 amide bonds. The van der Waals surface area contributed by atoms with Gasteiger partial charge in [0.1, 0.15) is 10.5 Å². The quantitative estimate of drug-likeness (QED) is 0.188. The Morgan fingerprint density at radius 3 is 2.37 bits per heavy atom. The van der Waals surface area contributed by atoms with Gasteiger partial charge in [0.25, 0.3) is 0 Å². The van der Waals surface area contributed by atoms with E-state index in [9.17, 15) is 10.1 Å². The molecule has 1 unspecified atom stereocenters. The van der Waals surface area contributed by atoms with E-state index in [1.54, 1.807) is 28.3 Å². The average molecular weight is 622 g/mol. The van der Waals surface area contributed by atoms with Gasteiger partial charge in [0.15, 0.2) is 11.5 Å². The molecule has 1 aliphatic rings. The van der Waals surface area contributed by atoms with Crippen LogP contribution in [0.2, 0.25) is 5.02 Å². The number of amides is 1. The molecule has 9 heteroatoms. The summed E-state index contributed by atoms with van der Waals surface area (Å²) in [5.74, 6) is 2.02. The minimum atomic E-state index is -0.834. The van der Waals surface area contributed by atoms with Crippen molar-refractivity contribution < 1.29 is 19.0 Å². The molecule has 0 fully saturated rings. The first-order valence-electron chi connectivity index (χ1n) is 14.5. The molecule has 3 aromatic carbocycles. The standard InChI is InChI=1S/C34H40ClN3O4S/c1-24(39)38-20-6-8-29-25(9-15-31(41-4)33(29)38)17-21-37(2)19-7-18-34(23-36,43-28-13-11-27(35)12-14-28)26-10-16-30(40-3)32(22-26)42-5/h9-16,22H,6-8,17-21H2,1-5H3. The van der Waals surface area contributed by atoms with Gasteiger partial charge in [0, 0.05) is 29.9 Å². The molecule has 1 aliphatic heterocycles. The highest BCUT2D eigenvalue weighted by atomic mass is 35.5. The molecule has 3 aromatic rings. The van der Waals surface area contributed by atoms with Gasteiger partial charge in [-0.2, -0.15) is 5.26 Å². The molecular weight excluding hydrogens is 582 g/mol. The second kappa shape index (κ2) is 14.9. The molecule has 1 heterocycles. The fraction of sp³-hybridized carbons (Fsp3) is 0.412. The van der Waals surface area contributed by atoms with E-state index in [0.717, 1.165) is 67.2 Å². The number of hydrogen-bond acceptors (Lipinski definition) is 7. The number of anilines is 1. The lowest BCUT2D eigenvalue weighted by Gasteiger charge is -2.32. The summed E-state index contributed by atoms with van der Waals surface area (Å²) in [5, 5.41) is 11.3. The normalized spacial score (nSPS) is 14.0. The van der Waals surface area contributed by atoms with Crippen molar-refractivity contribution in [2.75, 3.05) is 52.9 Å². The third kappa shape index (κ3) is 7.59. The molecule has 0 aromatic heterocycles. The summed E-state index contributed by atoms with van der Waals surface area (Å²) in [7, 11) is 6.99. The lowest BCUT2D eigenvalue weighted by atomic mass is 9.93. The molecule has 0 saturated carbocycles. The Kier molecular flexibility index (Phi) is 11.3. The topological polar surface area (TPSA) is 75.0 Å². The number of rotatable bonds is 13. The largest absolute Gasteiger partial charge is 0.495 e. The van der Waals surface area contributed by atoms with Gasteiger partial charge in [-0.05, 0) is 105 Å². The van der Waals surface area contributed by atoms with E-state index in [2.05, 4.69) is 24.1 Å². The van der Waals surface area contributed by atoms with Crippen LogP contribution >= 0.6 is 23.4 Å². The van der Waals surface area contributed by atoms with E-state index < -0.39 is 4.75 Å². The minimum absolute atomic E-state index is 0.0421. The molecule has 7 nitrogen and oxygen atoms in total. The van der Waals surface area contributed by atoms with Gasteiger partial charge in [-0.1, -0.05) is 35.5 Å². The molecule has 228 valence electrons. The SMILES string of the molecule is COc1ccc(C(C#N)(CCCN(C)CCc2ccc(OC)c3c2CCCN3C(C)=O)Sc2ccc(Cl)cc2)cc1OC. The summed E-state index contributed by atoms with van der Waals surface area (Å²) in [4.78, 5) is 17.5. The summed E-state index contributed by atoms with van der Waals surface area (Å²) in [6, 6.07) is 20.1. The minimum Gasteiger partial charge on any atom is -0.495 e. The molecule has 1 atom stereocenters. The number of ether oxygens (including phenoxy) is 3. The predicted octanol–water partition coefficient (Wildman–Crippen LogP) is 7.13. The summed E-state index contributed by atoms with van der Waals surface area (Å²) >= 11 is 7.68. The van der Waals surface area contributed by atoms with Crippen LogP contribution in [0.1, 0.15) is 42.9 Å². The van der Waals surface area contributed by atoms with Crippen LogP contribution in [-0.2, 0) is 22.4 Å². The summed E-state index contributed by atoms with van der Waals surface area (Å²) < 4.78 is 15.8. The number of methoxy groups -OCH3 is 3. The average Bonchev–Trinajstić information content (AvgIpc) is 3.03. The van der Waals surface area contributed by atoms with E-state index in [0.29, 0.717) is 22.9 Å². The fourth-order valence-electron chi connectivity index (χ4n) is 5.68. The zero-order valence-corrected chi connectivity index (χ0v) is 27.2. The summed E-state index contributed by atoms with van der Waals surface area (Å²) in [6.07, 6.45) is 4.21. The van der Waals surface area contributed by atoms with Gasteiger partial charge in [0.05, 0.1) is 33.1 Å². The van der Waals surface area contributed by atoms with E-state index in [1.807, 2.05) is 53.4 Å². The smallest absolute Gasteiger partial charge is 0.223 e. The van der Waals surface area contributed by atoms with Crippen molar-refractivity contribution in [2.24, 2.45) is 0 Å². The first-order chi connectivity index (χ1) is 20.7. The molecule has 0 aliphatic carbocycles. The number of fused-ring (bicyclic) bond motifs is 1.